The van der Waals surface area contributed by atoms with E-state index < -0.39 is 5.41 Å². The van der Waals surface area contributed by atoms with Crippen LogP contribution in [0.3, 0.4) is 0 Å². The van der Waals surface area contributed by atoms with E-state index in [1.54, 1.807) is 0 Å². The monoisotopic (exact) mass is 339 g/mol. The highest BCUT2D eigenvalue weighted by Gasteiger charge is 2.43. The molecule has 1 unspecified atom stereocenters. The Morgan fingerprint density at radius 2 is 1.86 bits per heavy atom. The van der Waals surface area contributed by atoms with Gasteiger partial charge in [-0.15, -0.1) is 20.4 Å². The summed E-state index contributed by atoms with van der Waals surface area (Å²) in [6.45, 7) is 1.14. The largest absolute Gasteiger partial charge is 0.316 e. The Morgan fingerprint density at radius 3 is 2.41 bits per heavy atom. The van der Waals surface area contributed by atoms with Gasteiger partial charge in [0.2, 0.25) is 22.1 Å². The van der Waals surface area contributed by atoms with Crippen LogP contribution in [0.1, 0.15) is 12.8 Å². The Balaban J connectivity index is 1.68. The van der Waals surface area contributed by atoms with Crippen LogP contribution >= 0.6 is 22.7 Å². The molecule has 0 bridgehead atoms. The van der Waals surface area contributed by atoms with E-state index in [9.17, 15) is 9.59 Å². The molecule has 9 nitrogen and oxygen atoms in total. The van der Waals surface area contributed by atoms with Crippen molar-refractivity contribution in [2.24, 2.45) is 5.41 Å². The molecule has 3 heterocycles. The van der Waals surface area contributed by atoms with Crippen LogP contribution in [0, 0.1) is 5.41 Å². The Kier molecular flexibility index (Phi) is 4.36. The second kappa shape index (κ2) is 6.42. The standard InChI is InChI=1S/C11H13N7O2S2/c19-7(15-9-17-13-5-21-9)3-11(1-2-12-4-11)8(20)16-10-18-14-6-22-10/h5-6,12H,1-4H2,(H,15,17,19)(H,16,18,20). The molecule has 2 aromatic rings. The van der Waals surface area contributed by atoms with E-state index in [2.05, 4.69) is 36.3 Å². The number of amides is 2. The molecule has 1 fully saturated rings. The number of nitrogens with zero attached hydrogens (tertiary/aromatic N) is 4. The molecule has 1 atom stereocenters. The molecule has 0 saturated carbocycles. The first-order valence-electron chi connectivity index (χ1n) is 6.52. The molecule has 3 N–H and O–H groups in total. The summed E-state index contributed by atoms with van der Waals surface area (Å²) in [6, 6.07) is 0. The first kappa shape index (κ1) is 14.9. The van der Waals surface area contributed by atoms with Crippen LogP contribution < -0.4 is 16.0 Å². The average molecular weight is 339 g/mol. The topological polar surface area (TPSA) is 122 Å². The average Bonchev–Trinajstić information content (AvgIpc) is 3.20. The van der Waals surface area contributed by atoms with Crippen molar-refractivity contribution in [3.8, 4) is 0 Å². The number of carbonyl (C=O) groups is 2. The number of hydrogen-bond donors (Lipinski definition) is 3. The van der Waals surface area contributed by atoms with E-state index >= 15 is 0 Å². The van der Waals surface area contributed by atoms with Gasteiger partial charge in [0.1, 0.15) is 11.0 Å². The lowest BCUT2D eigenvalue weighted by Crippen LogP contribution is -2.41. The summed E-state index contributed by atoms with van der Waals surface area (Å²) in [6.07, 6.45) is 0.658. The lowest BCUT2D eigenvalue weighted by molar-refractivity contribution is -0.129. The third-order valence-corrected chi connectivity index (χ3v) is 4.62. The van der Waals surface area contributed by atoms with Crippen molar-refractivity contribution in [3.63, 3.8) is 0 Å². The molecule has 3 rings (SSSR count). The van der Waals surface area contributed by atoms with E-state index in [0.717, 1.165) is 0 Å². The number of anilines is 2. The summed E-state index contributed by atoms with van der Waals surface area (Å²) in [7, 11) is 0. The quantitative estimate of drug-likeness (QED) is 0.718. The van der Waals surface area contributed by atoms with Gasteiger partial charge in [-0.1, -0.05) is 22.7 Å². The van der Waals surface area contributed by atoms with Crippen LogP contribution in [0.4, 0.5) is 10.3 Å². The second-order valence-electron chi connectivity index (χ2n) is 4.87. The molecule has 0 aliphatic carbocycles. The van der Waals surface area contributed by atoms with Gasteiger partial charge in [-0.3, -0.25) is 14.9 Å². The number of nitrogens with one attached hydrogen (secondary N) is 3. The summed E-state index contributed by atoms with van der Waals surface area (Å²) in [5.41, 5.74) is 2.28. The summed E-state index contributed by atoms with van der Waals surface area (Å²) in [5.74, 6) is -0.477. The lowest BCUT2D eigenvalue weighted by atomic mass is 9.82. The third-order valence-electron chi connectivity index (χ3n) is 3.41. The second-order valence-corrected chi connectivity index (χ2v) is 6.54. The van der Waals surface area contributed by atoms with E-state index in [0.29, 0.717) is 29.8 Å². The molecule has 0 radical (unpaired) electrons. The molecular formula is C11H13N7O2S2. The van der Waals surface area contributed by atoms with Gasteiger partial charge >= 0.3 is 0 Å². The van der Waals surface area contributed by atoms with Gasteiger partial charge in [0.15, 0.2) is 0 Å². The molecule has 0 aromatic carbocycles. The van der Waals surface area contributed by atoms with Crippen molar-refractivity contribution in [2.75, 3.05) is 23.7 Å². The molecule has 1 saturated heterocycles. The Hall–Kier alpha value is -1.98. The maximum Gasteiger partial charge on any atom is 0.234 e. The highest BCUT2D eigenvalue weighted by molar-refractivity contribution is 7.13. The SMILES string of the molecule is O=C(CC1(C(=O)Nc2nncs2)CCNC1)Nc1nncs1. The summed E-state index contributed by atoms with van der Waals surface area (Å²) in [5, 5.41) is 24.3. The normalized spacial score (nSPS) is 20.7. The number of rotatable bonds is 5. The van der Waals surface area contributed by atoms with Gasteiger partial charge < -0.3 is 10.6 Å². The molecule has 11 heteroatoms. The number of hydrogen-bond acceptors (Lipinski definition) is 9. The van der Waals surface area contributed by atoms with Gasteiger partial charge in [-0.25, -0.2) is 0 Å². The van der Waals surface area contributed by atoms with Crippen molar-refractivity contribution >= 4 is 44.8 Å². The highest BCUT2D eigenvalue weighted by Crippen LogP contribution is 2.32. The van der Waals surface area contributed by atoms with Crippen LogP contribution in [0.5, 0.6) is 0 Å². The number of aromatic nitrogens is 4. The fourth-order valence-electron chi connectivity index (χ4n) is 2.32. The third kappa shape index (κ3) is 3.26. The maximum absolute atomic E-state index is 12.6. The van der Waals surface area contributed by atoms with Crippen LogP contribution in [0.25, 0.3) is 0 Å². The first-order valence-corrected chi connectivity index (χ1v) is 8.28. The van der Waals surface area contributed by atoms with Gasteiger partial charge in [0.25, 0.3) is 0 Å². The summed E-state index contributed by atoms with van der Waals surface area (Å²) in [4.78, 5) is 24.7. The predicted octanol–water partition coefficient (Wildman–Crippen LogP) is 0.337. The first-order chi connectivity index (χ1) is 10.7. The van der Waals surface area contributed by atoms with E-state index in [1.165, 1.54) is 33.7 Å². The van der Waals surface area contributed by atoms with Crippen molar-refractivity contribution < 1.29 is 9.59 Å². The molecule has 22 heavy (non-hydrogen) atoms. The zero-order valence-corrected chi connectivity index (χ0v) is 13.0. The van der Waals surface area contributed by atoms with E-state index in [1.807, 2.05) is 0 Å². The Labute approximate surface area is 133 Å². The maximum atomic E-state index is 12.6. The van der Waals surface area contributed by atoms with Crippen molar-refractivity contribution in [1.82, 2.24) is 25.7 Å². The molecule has 2 amide bonds. The van der Waals surface area contributed by atoms with Crippen molar-refractivity contribution in [2.45, 2.75) is 12.8 Å². The minimum atomic E-state index is -0.791. The summed E-state index contributed by atoms with van der Waals surface area (Å²) < 4.78 is 0. The minimum Gasteiger partial charge on any atom is -0.316 e. The van der Waals surface area contributed by atoms with E-state index in [-0.39, 0.29) is 18.2 Å². The van der Waals surface area contributed by atoms with Crippen LogP contribution in [-0.4, -0.2) is 45.3 Å². The fourth-order valence-corrected chi connectivity index (χ4v) is 3.23. The zero-order valence-electron chi connectivity index (χ0n) is 11.4. The van der Waals surface area contributed by atoms with Crippen molar-refractivity contribution in [1.29, 1.82) is 0 Å². The van der Waals surface area contributed by atoms with Crippen LogP contribution in [0.2, 0.25) is 0 Å². The number of carbonyl (C=O) groups excluding carboxylic acids is 2. The molecule has 116 valence electrons. The smallest absolute Gasteiger partial charge is 0.234 e. The van der Waals surface area contributed by atoms with Crippen LogP contribution in [-0.2, 0) is 9.59 Å². The molecule has 2 aromatic heterocycles. The molecule has 0 spiro atoms. The van der Waals surface area contributed by atoms with Gasteiger partial charge in [-0.05, 0) is 13.0 Å². The Bertz CT molecular complexity index is 637. The zero-order chi connectivity index (χ0) is 15.4. The molecular weight excluding hydrogens is 326 g/mol. The predicted molar refractivity (Wildman–Crippen MR) is 81.6 cm³/mol. The van der Waals surface area contributed by atoms with Gasteiger partial charge in [-0.2, -0.15) is 0 Å². The lowest BCUT2D eigenvalue weighted by Gasteiger charge is -2.25. The van der Waals surface area contributed by atoms with Gasteiger partial charge in [0, 0.05) is 13.0 Å². The molecule has 1 aliphatic rings. The van der Waals surface area contributed by atoms with Crippen molar-refractivity contribution in [3.05, 3.63) is 11.0 Å². The summed E-state index contributed by atoms with van der Waals surface area (Å²) >= 11 is 2.47. The minimum absolute atomic E-state index is 0.0736. The van der Waals surface area contributed by atoms with Gasteiger partial charge in [0.05, 0.1) is 5.41 Å². The Morgan fingerprint density at radius 1 is 1.18 bits per heavy atom. The highest BCUT2D eigenvalue weighted by atomic mass is 32.1. The fraction of sp³-hybridized carbons (Fsp3) is 0.455. The van der Waals surface area contributed by atoms with E-state index in [4.69, 9.17) is 0 Å². The molecule has 1 aliphatic heterocycles. The van der Waals surface area contributed by atoms with Crippen LogP contribution in [0.15, 0.2) is 11.0 Å².